The molecule has 1 aromatic rings. The Bertz CT molecular complexity index is 429. The molecule has 19 heavy (non-hydrogen) atoms. The second-order valence-electron chi connectivity index (χ2n) is 4.88. The van der Waals surface area contributed by atoms with Gasteiger partial charge in [0, 0.05) is 37.4 Å². The SMILES string of the molecule is COCCN(Cc1cc(C=O)ccc1OC)C1CC1. The molecule has 0 spiro atoms. The summed E-state index contributed by atoms with van der Waals surface area (Å²) >= 11 is 0. The minimum absolute atomic E-state index is 0.653. The lowest BCUT2D eigenvalue weighted by atomic mass is 10.1. The molecule has 0 N–H and O–H groups in total. The van der Waals surface area contributed by atoms with Gasteiger partial charge in [0.1, 0.15) is 12.0 Å². The molecule has 0 bridgehead atoms. The molecule has 0 unspecified atom stereocenters. The van der Waals surface area contributed by atoms with Gasteiger partial charge in [0.25, 0.3) is 0 Å². The van der Waals surface area contributed by atoms with Crippen molar-refractivity contribution in [2.24, 2.45) is 0 Å². The van der Waals surface area contributed by atoms with Crippen molar-refractivity contribution < 1.29 is 14.3 Å². The quantitative estimate of drug-likeness (QED) is 0.673. The molecule has 1 aliphatic rings. The Morgan fingerprint density at radius 1 is 1.37 bits per heavy atom. The van der Waals surface area contributed by atoms with Gasteiger partial charge in [-0.25, -0.2) is 0 Å². The number of rotatable bonds is 8. The zero-order chi connectivity index (χ0) is 13.7. The van der Waals surface area contributed by atoms with Crippen molar-refractivity contribution in [2.75, 3.05) is 27.4 Å². The molecule has 4 nitrogen and oxygen atoms in total. The lowest BCUT2D eigenvalue weighted by Crippen LogP contribution is -2.29. The summed E-state index contributed by atoms with van der Waals surface area (Å²) in [5.41, 5.74) is 1.76. The summed E-state index contributed by atoms with van der Waals surface area (Å²) < 4.78 is 10.5. The fraction of sp³-hybridized carbons (Fsp3) is 0.533. The predicted molar refractivity (Wildman–Crippen MR) is 73.7 cm³/mol. The molecule has 1 aliphatic carbocycles. The average Bonchev–Trinajstić information content (AvgIpc) is 3.27. The molecule has 0 aliphatic heterocycles. The van der Waals surface area contributed by atoms with Gasteiger partial charge in [-0.2, -0.15) is 0 Å². The Morgan fingerprint density at radius 3 is 2.74 bits per heavy atom. The number of methoxy groups -OCH3 is 2. The average molecular weight is 263 g/mol. The maximum absolute atomic E-state index is 10.9. The molecule has 0 atom stereocenters. The number of carbonyl (C=O) groups is 1. The Kier molecular flexibility index (Phi) is 4.93. The van der Waals surface area contributed by atoms with Gasteiger partial charge in [0.05, 0.1) is 13.7 Å². The summed E-state index contributed by atoms with van der Waals surface area (Å²) in [5.74, 6) is 0.841. The lowest BCUT2D eigenvalue weighted by Gasteiger charge is -2.22. The monoisotopic (exact) mass is 263 g/mol. The van der Waals surface area contributed by atoms with E-state index in [1.807, 2.05) is 12.1 Å². The second-order valence-corrected chi connectivity index (χ2v) is 4.88. The summed E-state index contributed by atoms with van der Waals surface area (Å²) in [6.45, 7) is 2.45. The normalized spacial score (nSPS) is 14.7. The smallest absolute Gasteiger partial charge is 0.150 e. The predicted octanol–water partition coefficient (Wildman–Crippen LogP) is 2.12. The number of benzene rings is 1. The Labute approximate surface area is 114 Å². The second kappa shape index (κ2) is 6.68. The first kappa shape index (κ1) is 14.0. The molecule has 1 fully saturated rings. The van der Waals surface area contributed by atoms with Crippen LogP contribution < -0.4 is 4.74 Å². The standard InChI is InChI=1S/C15H21NO3/c1-18-8-7-16(14-4-5-14)10-13-9-12(11-17)3-6-15(13)19-2/h3,6,9,11,14H,4-5,7-8,10H2,1-2H3. The molecule has 0 heterocycles. The number of hydrogen-bond donors (Lipinski definition) is 0. The Balaban J connectivity index is 2.12. The van der Waals surface area contributed by atoms with E-state index >= 15 is 0 Å². The Hall–Kier alpha value is -1.39. The fourth-order valence-electron chi connectivity index (χ4n) is 2.25. The van der Waals surface area contributed by atoms with E-state index in [4.69, 9.17) is 9.47 Å². The largest absolute Gasteiger partial charge is 0.496 e. The van der Waals surface area contributed by atoms with Crippen LogP contribution in [0.5, 0.6) is 5.75 Å². The number of aldehydes is 1. The van der Waals surface area contributed by atoms with Gasteiger partial charge in [-0.05, 0) is 31.0 Å². The van der Waals surface area contributed by atoms with Gasteiger partial charge in [0.2, 0.25) is 0 Å². The number of carbonyl (C=O) groups excluding carboxylic acids is 1. The molecule has 2 rings (SSSR count). The van der Waals surface area contributed by atoms with Gasteiger partial charge in [0.15, 0.2) is 0 Å². The van der Waals surface area contributed by atoms with Gasteiger partial charge < -0.3 is 9.47 Å². The van der Waals surface area contributed by atoms with E-state index in [0.717, 1.165) is 37.3 Å². The molecule has 0 aromatic heterocycles. The van der Waals surface area contributed by atoms with E-state index in [9.17, 15) is 4.79 Å². The topological polar surface area (TPSA) is 38.8 Å². The van der Waals surface area contributed by atoms with Crippen LogP contribution in [0.25, 0.3) is 0 Å². The first-order valence-corrected chi connectivity index (χ1v) is 6.63. The third kappa shape index (κ3) is 3.78. The van der Waals surface area contributed by atoms with E-state index in [-0.39, 0.29) is 0 Å². The first-order chi connectivity index (χ1) is 9.28. The van der Waals surface area contributed by atoms with E-state index in [0.29, 0.717) is 11.6 Å². The van der Waals surface area contributed by atoms with Crippen LogP contribution in [0.3, 0.4) is 0 Å². The van der Waals surface area contributed by atoms with Crippen LogP contribution in [0, 0.1) is 0 Å². The molecule has 4 heteroatoms. The minimum Gasteiger partial charge on any atom is -0.496 e. The number of hydrogen-bond acceptors (Lipinski definition) is 4. The van der Waals surface area contributed by atoms with Gasteiger partial charge in [-0.15, -0.1) is 0 Å². The molecule has 1 saturated carbocycles. The van der Waals surface area contributed by atoms with Crippen LogP contribution >= 0.6 is 0 Å². The van der Waals surface area contributed by atoms with Gasteiger partial charge in [-0.1, -0.05) is 0 Å². The van der Waals surface area contributed by atoms with Crippen molar-refractivity contribution in [2.45, 2.75) is 25.4 Å². The van der Waals surface area contributed by atoms with Gasteiger partial charge >= 0.3 is 0 Å². The van der Waals surface area contributed by atoms with Crippen LogP contribution in [0.2, 0.25) is 0 Å². The molecule has 104 valence electrons. The summed E-state index contributed by atoms with van der Waals surface area (Å²) in [6.07, 6.45) is 3.37. The van der Waals surface area contributed by atoms with Gasteiger partial charge in [-0.3, -0.25) is 9.69 Å². The third-order valence-electron chi connectivity index (χ3n) is 3.46. The summed E-state index contributed by atoms with van der Waals surface area (Å²) in [7, 11) is 3.38. The number of ether oxygens (including phenoxy) is 2. The highest BCUT2D eigenvalue weighted by molar-refractivity contribution is 5.75. The zero-order valence-corrected chi connectivity index (χ0v) is 11.6. The summed E-state index contributed by atoms with van der Waals surface area (Å²) in [6, 6.07) is 6.21. The van der Waals surface area contributed by atoms with Crippen molar-refractivity contribution in [1.82, 2.24) is 4.90 Å². The maximum atomic E-state index is 10.9. The first-order valence-electron chi connectivity index (χ1n) is 6.63. The zero-order valence-electron chi connectivity index (χ0n) is 11.6. The highest BCUT2D eigenvalue weighted by Crippen LogP contribution is 2.30. The van der Waals surface area contributed by atoms with E-state index in [1.54, 1.807) is 20.3 Å². The maximum Gasteiger partial charge on any atom is 0.150 e. The van der Waals surface area contributed by atoms with Crippen molar-refractivity contribution in [3.05, 3.63) is 29.3 Å². The van der Waals surface area contributed by atoms with Crippen LogP contribution in [0.4, 0.5) is 0 Å². The molecule has 0 saturated heterocycles. The van der Waals surface area contributed by atoms with Crippen LogP contribution in [-0.4, -0.2) is 44.6 Å². The third-order valence-corrected chi connectivity index (χ3v) is 3.46. The van der Waals surface area contributed by atoms with E-state index in [2.05, 4.69) is 4.90 Å². The molecular weight excluding hydrogens is 242 g/mol. The van der Waals surface area contributed by atoms with Crippen LogP contribution in [0.1, 0.15) is 28.8 Å². The molecule has 0 radical (unpaired) electrons. The van der Waals surface area contributed by atoms with Crippen LogP contribution in [-0.2, 0) is 11.3 Å². The molecule has 0 amide bonds. The number of nitrogens with zero attached hydrogens (tertiary/aromatic N) is 1. The van der Waals surface area contributed by atoms with Crippen LogP contribution in [0.15, 0.2) is 18.2 Å². The van der Waals surface area contributed by atoms with Crippen molar-refractivity contribution >= 4 is 6.29 Å². The van der Waals surface area contributed by atoms with E-state index < -0.39 is 0 Å². The van der Waals surface area contributed by atoms with Crippen molar-refractivity contribution in [3.63, 3.8) is 0 Å². The molecule has 1 aromatic carbocycles. The van der Waals surface area contributed by atoms with Crippen molar-refractivity contribution in [3.8, 4) is 5.75 Å². The highest BCUT2D eigenvalue weighted by atomic mass is 16.5. The minimum atomic E-state index is 0.653. The Morgan fingerprint density at radius 2 is 2.16 bits per heavy atom. The summed E-state index contributed by atoms with van der Waals surface area (Å²) in [5, 5.41) is 0. The molecular formula is C15H21NO3. The summed E-state index contributed by atoms with van der Waals surface area (Å²) in [4.78, 5) is 13.3. The lowest BCUT2D eigenvalue weighted by molar-refractivity contribution is 0.112. The van der Waals surface area contributed by atoms with E-state index in [1.165, 1.54) is 12.8 Å². The van der Waals surface area contributed by atoms with Crippen molar-refractivity contribution in [1.29, 1.82) is 0 Å². The fourth-order valence-corrected chi connectivity index (χ4v) is 2.25. The highest BCUT2D eigenvalue weighted by Gasteiger charge is 2.29.